The number of phenols is 1. The van der Waals surface area contributed by atoms with Crippen molar-refractivity contribution in [1.82, 2.24) is 10.2 Å². The van der Waals surface area contributed by atoms with Gasteiger partial charge >= 0.3 is 0 Å². The molecule has 0 radical (unpaired) electrons. The molecular formula is C15H24N2O. The number of para-hydroxylation sites is 1. The molecule has 1 aromatic carbocycles. The first-order valence-electron chi connectivity index (χ1n) is 6.71. The number of rotatable bonds is 5. The molecule has 1 saturated carbocycles. The molecule has 3 nitrogen and oxygen atoms in total. The van der Waals surface area contributed by atoms with Crippen molar-refractivity contribution in [3.05, 3.63) is 29.3 Å². The minimum atomic E-state index is 0.333. The molecule has 100 valence electrons. The first-order chi connectivity index (χ1) is 8.55. The van der Waals surface area contributed by atoms with Gasteiger partial charge in [0.1, 0.15) is 5.75 Å². The van der Waals surface area contributed by atoms with Crippen molar-refractivity contribution in [2.75, 3.05) is 20.6 Å². The smallest absolute Gasteiger partial charge is 0.122 e. The molecule has 1 aliphatic carbocycles. The van der Waals surface area contributed by atoms with E-state index < -0.39 is 0 Å². The van der Waals surface area contributed by atoms with Crippen LogP contribution in [0.15, 0.2) is 18.2 Å². The van der Waals surface area contributed by atoms with E-state index in [-0.39, 0.29) is 0 Å². The lowest BCUT2D eigenvalue weighted by Gasteiger charge is -2.47. The fourth-order valence-electron chi connectivity index (χ4n) is 2.66. The Hall–Kier alpha value is -1.06. The second-order valence-corrected chi connectivity index (χ2v) is 5.66. The van der Waals surface area contributed by atoms with Gasteiger partial charge in [-0.1, -0.05) is 18.2 Å². The summed E-state index contributed by atoms with van der Waals surface area (Å²) in [5.41, 5.74) is 2.27. The highest BCUT2D eigenvalue weighted by molar-refractivity contribution is 5.39. The Bertz CT molecular complexity index is 411. The van der Waals surface area contributed by atoms with Gasteiger partial charge in [-0.2, -0.15) is 0 Å². The third-order valence-corrected chi connectivity index (χ3v) is 4.32. The van der Waals surface area contributed by atoms with Crippen molar-refractivity contribution < 1.29 is 5.11 Å². The summed E-state index contributed by atoms with van der Waals surface area (Å²) in [6, 6.07) is 5.92. The maximum absolute atomic E-state index is 9.96. The van der Waals surface area contributed by atoms with Crippen molar-refractivity contribution in [1.29, 1.82) is 0 Å². The number of likely N-dealkylation sites (N-methyl/N-ethyl adjacent to an activating group) is 1. The van der Waals surface area contributed by atoms with Gasteiger partial charge in [-0.05, 0) is 45.8 Å². The molecule has 1 aromatic rings. The third kappa shape index (κ3) is 2.52. The quantitative estimate of drug-likeness (QED) is 0.839. The second-order valence-electron chi connectivity index (χ2n) is 5.66. The molecule has 0 aromatic heterocycles. The predicted molar refractivity (Wildman–Crippen MR) is 74.8 cm³/mol. The van der Waals surface area contributed by atoms with Crippen LogP contribution < -0.4 is 5.32 Å². The lowest BCUT2D eigenvalue weighted by atomic mass is 9.75. The first-order valence-corrected chi connectivity index (χ1v) is 6.71. The van der Waals surface area contributed by atoms with Gasteiger partial charge in [0.2, 0.25) is 0 Å². The highest BCUT2D eigenvalue weighted by Gasteiger charge is 2.38. The number of aromatic hydroxyl groups is 1. The van der Waals surface area contributed by atoms with Gasteiger partial charge < -0.3 is 15.3 Å². The third-order valence-electron chi connectivity index (χ3n) is 4.32. The number of phenolic OH excluding ortho intramolecular Hbond substituents is 1. The fourth-order valence-corrected chi connectivity index (χ4v) is 2.66. The van der Waals surface area contributed by atoms with Crippen molar-refractivity contribution in [2.24, 2.45) is 0 Å². The molecule has 0 aliphatic heterocycles. The summed E-state index contributed by atoms with van der Waals surface area (Å²) < 4.78 is 0. The maximum Gasteiger partial charge on any atom is 0.122 e. The van der Waals surface area contributed by atoms with Crippen LogP contribution in [0.1, 0.15) is 30.4 Å². The van der Waals surface area contributed by atoms with E-state index in [1.165, 1.54) is 19.3 Å². The molecule has 0 atom stereocenters. The molecule has 1 aliphatic rings. The lowest BCUT2D eigenvalue weighted by Crippen LogP contribution is -2.56. The summed E-state index contributed by atoms with van der Waals surface area (Å²) >= 11 is 0. The zero-order valence-corrected chi connectivity index (χ0v) is 11.7. The van der Waals surface area contributed by atoms with E-state index in [0.29, 0.717) is 11.3 Å². The van der Waals surface area contributed by atoms with Crippen molar-refractivity contribution in [3.63, 3.8) is 0 Å². The standard InChI is InChI=1S/C15H24N2O/c1-12-6-4-7-13(14(12)18)10-16-11-15(17(2)3)8-5-9-15/h4,6-7,16,18H,5,8-11H2,1-3H3. The molecule has 0 bridgehead atoms. The zero-order chi connectivity index (χ0) is 13.2. The average molecular weight is 248 g/mol. The van der Waals surface area contributed by atoms with E-state index in [1.807, 2.05) is 25.1 Å². The minimum absolute atomic E-state index is 0.333. The van der Waals surface area contributed by atoms with Gasteiger partial charge in [0, 0.05) is 24.2 Å². The highest BCUT2D eigenvalue weighted by Crippen LogP contribution is 2.35. The maximum atomic E-state index is 9.96. The van der Waals surface area contributed by atoms with Crippen LogP contribution in [0.25, 0.3) is 0 Å². The summed E-state index contributed by atoms with van der Waals surface area (Å²) in [7, 11) is 4.32. The molecular weight excluding hydrogens is 224 g/mol. The van der Waals surface area contributed by atoms with Crippen LogP contribution in [0.4, 0.5) is 0 Å². The van der Waals surface area contributed by atoms with Crippen LogP contribution in [-0.4, -0.2) is 36.2 Å². The van der Waals surface area contributed by atoms with Crippen molar-refractivity contribution in [2.45, 2.75) is 38.3 Å². The van der Waals surface area contributed by atoms with E-state index in [4.69, 9.17) is 0 Å². The van der Waals surface area contributed by atoms with Gasteiger partial charge in [0.25, 0.3) is 0 Å². The van der Waals surface area contributed by atoms with Crippen LogP contribution in [0.5, 0.6) is 5.75 Å². The van der Waals surface area contributed by atoms with Crippen LogP contribution in [-0.2, 0) is 6.54 Å². The topological polar surface area (TPSA) is 35.5 Å². The molecule has 2 N–H and O–H groups in total. The van der Waals surface area contributed by atoms with E-state index in [0.717, 1.165) is 24.2 Å². The van der Waals surface area contributed by atoms with Gasteiger partial charge in [-0.3, -0.25) is 0 Å². The molecule has 0 heterocycles. The van der Waals surface area contributed by atoms with E-state index >= 15 is 0 Å². The van der Waals surface area contributed by atoms with E-state index in [9.17, 15) is 5.11 Å². The Balaban J connectivity index is 1.90. The Labute approximate surface area is 110 Å². The fraction of sp³-hybridized carbons (Fsp3) is 0.600. The summed E-state index contributed by atoms with van der Waals surface area (Å²) in [6.07, 6.45) is 3.87. The number of hydrogen-bond donors (Lipinski definition) is 2. The van der Waals surface area contributed by atoms with Crippen molar-refractivity contribution >= 4 is 0 Å². The molecule has 0 spiro atoms. The van der Waals surface area contributed by atoms with E-state index in [1.54, 1.807) is 0 Å². The van der Waals surface area contributed by atoms with Gasteiger partial charge in [0.05, 0.1) is 0 Å². The number of nitrogens with one attached hydrogen (secondary N) is 1. The normalized spacial score (nSPS) is 17.8. The van der Waals surface area contributed by atoms with Crippen LogP contribution >= 0.6 is 0 Å². The largest absolute Gasteiger partial charge is 0.507 e. The molecule has 0 amide bonds. The number of aryl methyl sites for hydroxylation is 1. The summed E-state index contributed by atoms with van der Waals surface area (Å²) in [5, 5.41) is 13.4. The summed E-state index contributed by atoms with van der Waals surface area (Å²) in [4.78, 5) is 2.33. The summed E-state index contributed by atoms with van der Waals surface area (Å²) in [5.74, 6) is 0.428. The zero-order valence-electron chi connectivity index (χ0n) is 11.7. The number of benzene rings is 1. The minimum Gasteiger partial charge on any atom is -0.507 e. The van der Waals surface area contributed by atoms with Crippen LogP contribution in [0, 0.1) is 6.92 Å². The first kappa shape index (κ1) is 13.4. The molecule has 0 saturated heterocycles. The van der Waals surface area contributed by atoms with Crippen LogP contribution in [0.3, 0.4) is 0 Å². The van der Waals surface area contributed by atoms with Gasteiger partial charge in [-0.25, -0.2) is 0 Å². The van der Waals surface area contributed by atoms with Gasteiger partial charge in [-0.15, -0.1) is 0 Å². The van der Waals surface area contributed by atoms with E-state index in [2.05, 4.69) is 24.3 Å². The molecule has 1 fully saturated rings. The molecule has 3 heteroatoms. The second kappa shape index (κ2) is 5.29. The van der Waals surface area contributed by atoms with Crippen LogP contribution in [0.2, 0.25) is 0 Å². The Morgan fingerprint density at radius 3 is 2.61 bits per heavy atom. The Morgan fingerprint density at radius 2 is 2.06 bits per heavy atom. The van der Waals surface area contributed by atoms with Gasteiger partial charge in [0.15, 0.2) is 0 Å². The number of hydrogen-bond acceptors (Lipinski definition) is 3. The summed E-state index contributed by atoms with van der Waals surface area (Å²) in [6.45, 7) is 3.67. The molecule has 18 heavy (non-hydrogen) atoms. The Morgan fingerprint density at radius 1 is 1.33 bits per heavy atom. The lowest BCUT2D eigenvalue weighted by molar-refractivity contribution is 0.0598. The monoisotopic (exact) mass is 248 g/mol. The molecule has 0 unspecified atom stereocenters. The Kier molecular flexibility index (Phi) is 3.93. The average Bonchev–Trinajstić information content (AvgIpc) is 2.27. The van der Waals surface area contributed by atoms with Crippen molar-refractivity contribution in [3.8, 4) is 5.75 Å². The molecule has 2 rings (SSSR count). The highest BCUT2D eigenvalue weighted by atomic mass is 16.3. The number of nitrogens with zero attached hydrogens (tertiary/aromatic N) is 1. The SMILES string of the molecule is Cc1cccc(CNCC2(N(C)C)CCC2)c1O. The predicted octanol–water partition coefficient (Wildman–Crippen LogP) is 2.27.